The van der Waals surface area contributed by atoms with Gasteiger partial charge in [-0.05, 0) is 59.5 Å². The lowest BCUT2D eigenvalue weighted by Crippen LogP contribution is -2.19. The molecule has 0 aliphatic rings. The first-order chi connectivity index (χ1) is 16.1. The zero-order valence-electron chi connectivity index (χ0n) is 17.1. The van der Waals surface area contributed by atoms with E-state index in [1.54, 1.807) is 48.1 Å². The molecular weight excluding hydrogens is 483 g/mol. The lowest BCUT2D eigenvalue weighted by Gasteiger charge is -2.12. The summed E-state index contributed by atoms with van der Waals surface area (Å²) < 4.78 is 21.6. The summed E-state index contributed by atoms with van der Waals surface area (Å²) in [5.41, 5.74) is 1.26. The third-order valence-corrected chi connectivity index (χ3v) is 6.76. The number of ether oxygens (including phenoxy) is 1. The fourth-order valence-corrected chi connectivity index (χ4v) is 4.87. The zero-order chi connectivity index (χ0) is 22.8. The number of pyridine rings is 2. The number of benzene rings is 1. The largest absolute Gasteiger partial charge is 0.494 e. The van der Waals surface area contributed by atoms with Gasteiger partial charge in [0.25, 0.3) is 5.56 Å². The number of thiophene rings is 1. The van der Waals surface area contributed by atoms with Crippen molar-refractivity contribution in [3.8, 4) is 17.3 Å². The van der Waals surface area contributed by atoms with Crippen LogP contribution in [0.4, 0.5) is 3.89 Å². The Balaban J connectivity index is 1.46. The van der Waals surface area contributed by atoms with Crippen molar-refractivity contribution >= 4 is 56.3 Å². The first-order valence-corrected chi connectivity index (χ1v) is 12.0. The van der Waals surface area contributed by atoms with Gasteiger partial charge in [0.2, 0.25) is 0 Å². The summed E-state index contributed by atoms with van der Waals surface area (Å²) in [6, 6.07) is 10.8. The highest BCUT2D eigenvalue weighted by Gasteiger charge is 2.18. The average molecular weight is 499 g/mol. The number of rotatable bonds is 7. The summed E-state index contributed by atoms with van der Waals surface area (Å²) >= 11 is 7.79. The van der Waals surface area contributed by atoms with Gasteiger partial charge in [0.1, 0.15) is 11.4 Å². The number of hydrogen-bond donors (Lipinski definition) is 0. The van der Waals surface area contributed by atoms with E-state index >= 15 is 0 Å². The van der Waals surface area contributed by atoms with Crippen LogP contribution in [0.25, 0.3) is 32.5 Å². The second kappa shape index (κ2) is 9.46. The summed E-state index contributed by atoms with van der Waals surface area (Å²) in [6.07, 6.45) is 6.80. The van der Waals surface area contributed by atoms with E-state index in [2.05, 4.69) is 15.0 Å². The highest BCUT2D eigenvalue weighted by molar-refractivity contribution is 7.92. The van der Waals surface area contributed by atoms with Crippen molar-refractivity contribution in [1.29, 1.82) is 0 Å². The highest BCUT2D eigenvalue weighted by Crippen LogP contribution is 2.31. The lowest BCUT2D eigenvalue weighted by molar-refractivity contribution is 0.311. The molecule has 0 saturated heterocycles. The number of aryl methyl sites for hydroxylation is 1. The van der Waals surface area contributed by atoms with Crippen molar-refractivity contribution in [3.05, 3.63) is 81.3 Å². The minimum atomic E-state index is -0.571. The standard InChI is InChI=1S/C23H16ClFN4O2S2/c24-18-12-16(31-8-1-2-14-3-6-26-7-4-14)11-17-21(18)28-22(29(33-25)23(17)30)19-10-15-5-9-32-20(15)13-27-19/h3-7,9-13H,1-2,8H2. The smallest absolute Gasteiger partial charge is 0.274 e. The molecule has 4 aromatic heterocycles. The summed E-state index contributed by atoms with van der Waals surface area (Å²) in [5.74, 6) is 0.531. The molecule has 0 radical (unpaired) electrons. The molecule has 6 nitrogen and oxygen atoms in total. The predicted molar refractivity (Wildman–Crippen MR) is 132 cm³/mol. The van der Waals surface area contributed by atoms with Crippen LogP contribution in [0.3, 0.4) is 0 Å². The van der Waals surface area contributed by atoms with E-state index in [1.165, 1.54) is 5.56 Å². The van der Waals surface area contributed by atoms with Crippen molar-refractivity contribution in [1.82, 2.24) is 18.9 Å². The topological polar surface area (TPSA) is 69.9 Å². The molecule has 0 atom stereocenters. The Morgan fingerprint density at radius 1 is 1.18 bits per heavy atom. The fraction of sp³-hybridized carbons (Fsp3) is 0.130. The molecule has 5 rings (SSSR count). The van der Waals surface area contributed by atoms with Crippen molar-refractivity contribution in [2.24, 2.45) is 0 Å². The molecule has 0 spiro atoms. The molecule has 0 amide bonds. The van der Waals surface area contributed by atoms with Crippen LogP contribution in [0.2, 0.25) is 5.02 Å². The third kappa shape index (κ3) is 4.44. The van der Waals surface area contributed by atoms with Crippen LogP contribution in [0.15, 0.2) is 65.2 Å². The molecule has 33 heavy (non-hydrogen) atoms. The van der Waals surface area contributed by atoms with E-state index < -0.39 is 5.56 Å². The third-order valence-electron chi connectivity index (χ3n) is 5.13. The van der Waals surface area contributed by atoms with Crippen molar-refractivity contribution < 1.29 is 8.62 Å². The molecule has 166 valence electrons. The quantitative estimate of drug-likeness (QED) is 0.252. The molecule has 0 bridgehead atoms. The van der Waals surface area contributed by atoms with Crippen LogP contribution < -0.4 is 10.3 Å². The minimum absolute atomic E-state index is 0.0982. The molecule has 0 aliphatic carbocycles. The first-order valence-electron chi connectivity index (χ1n) is 10.0. The van der Waals surface area contributed by atoms with Gasteiger partial charge in [-0.25, -0.2) is 8.96 Å². The molecule has 10 heteroatoms. The maximum atomic E-state index is 13.9. The van der Waals surface area contributed by atoms with Crippen LogP contribution in [0, 0.1) is 0 Å². The monoisotopic (exact) mass is 498 g/mol. The SMILES string of the molecule is O=c1c2cc(OCCCc3ccncc3)cc(Cl)c2nc(-c2cc3ccsc3cn2)n1SF. The maximum absolute atomic E-state index is 13.9. The van der Waals surface area contributed by atoms with E-state index in [1.807, 2.05) is 23.6 Å². The van der Waals surface area contributed by atoms with Gasteiger partial charge in [0, 0.05) is 24.7 Å². The molecule has 0 N–H and O–H groups in total. The summed E-state index contributed by atoms with van der Waals surface area (Å²) in [7, 11) is 0. The van der Waals surface area contributed by atoms with Gasteiger partial charge in [-0.15, -0.1) is 15.2 Å². The Morgan fingerprint density at radius 2 is 2.03 bits per heavy atom. The maximum Gasteiger partial charge on any atom is 0.274 e. The van der Waals surface area contributed by atoms with E-state index in [0.29, 0.717) is 18.1 Å². The summed E-state index contributed by atoms with van der Waals surface area (Å²) in [6.45, 7) is 0.437. The minimum Gasteiger partial charge on any atom is -0.494 e. The fourth-order valence-electron chi connectivity index (χ4n) is 3.52. The molecule has 0 saturated carbocycles. The van der Waals surface area contributed by atoms with Gasteiger partial charge >= 0.3 is 0 Å². The molecule has 0 unspecified atom stereocenters. The highest BCUT2D eigenvalue weighted by atomic mass is 35.5. The summed E-state index contributed by atoms with van der Waals surface area (Å²) in [4.78, 5) is 26.0. The molecule has 4 heterocycles. The van der Waals surface area contributed by atoms with Gasteiger partial charge in [0.05, 0.1) is 27.2 Å². The Labute approximate surface area is 201 Å². The Hall–Kier alpha value is -3.01. The van der Waals surface area contributed by atoms with Gasteiger partial charge in [-0.3, -0.25) is 14.8 Å². The van der Waals surface area contributed by atoms with Crippen LogP contribution in [0.1, 0.15) is 12.0 Å². The Morgan fingerprint density at radius 3 is 2.85 bits per heavy atom. The van der Waals surface area contributed by atoms with Gasteiger partial charge in [-0.1, -0.05) is 11.6 Å². The second-order valence-corrected chi connectivity index (χ2v) is 9.10. The molecule has 0 fully saturated rings. The predicted octanol–water partition coefficient (Wildman–Crippen LogP) is 6.11. The number of halogens is 2. The van der Waals surface area contributed by atoms with Crippen molar-refractivity contribution in [2.45, 2.75) is 12.8 Å². The zero-order valence-corrected chi connectivity index (χ0v) is 19.5. The Bertz CT molecular complexity index is 1510. The van der Waals surface area contributed by atoms with Crippen molar-refractivity contribution in [3.63, 3.8) is 0 Å². The lowest BCUT2D eigenvalue weighted by atomic mass is 10.1. The van der Waals surface area contributed by atoms with Crippen LogP contribution in [-0.4, -0.2) is 25.5 Å². The molecule has 1 aromatic carbocycles. The second-order valence-electron chi connectivity index (χ2n) is 7.24. The molecule has 0 aliphatic heterocycles. The van der Waals surface area contributed by atoms with Gasteiger partial charge in [0.15, 0.2) is 18.2 Å². The number of aromatic nitrogens is 4. The first kappa shape index (κ1) is 21.8. The molecular formula is C23H16ClFN4O2S2. The van der Waals surface area contributed by atoms with E-state index in [-0.39, 0.29) is 34.1 Å². The van der Waals surface area contributed by atoms with Crippen LogP contribution >= 0.6 is 35.3 Å². The average Bonchev–Trinajstić information content (AvgIpc) is 3.31. The van der Waals surface area contributed by atoms with Gasteiger partial charge in [-0.2, -0.15) is 0 Å². The molecule has 5 aromatic rings. The normalized spacial score (nSPS) is 11.3. The number of hydrogen-bond acceptors (Lipinski definition) is 7. The number of nitrogens with zero attached hydrogens (tertiary/aromatic N) is 4. The van der Waals surface area contributed by atoms with E-state index in [0.717, 1.165) is 26.9 Å². The number of fused-ring (bicyclic) bond motifs is 2. The summed E-state index contributed by atoms with van der Waals surface area (Å²) in [5, 5.41) is 3.31. The van der Waals surface area contributed by atoms with Crippen LogP contribution in [0.5, 0.6) is 5.75 Å². The van der Waals surface area contributed by atoms with E-state index in [9.17, 15) is 8.68 Å². The van der Waals surface area contributed by atoms with Gasteiger partial charge < -0.3 is 4.74 Å². The van der Waals surface area contributed by atoms with E-state index in [4.69, 9.17) is 16.3 Å². The Kier molecular flexibility index (Phi) is 6.26. The van der Waals surface area contributed by atoms with Crippen LogP contribution in [-0.2, 0) is 6.42 Å². The van der Waals surface area contributed by atoms with Crippen molar-refractivity contribution in [2.75, 3.05) is 6.61 Å².